The van der Waals surface area contributed by atoms with Crippen molar-refractivity contribution in [2.75, 3.05) is 19.7 Å². The van der Waals surface area contributed by atoms with Gasteiger partial charge < -0.3 is 14.4 Å². The molecule has 4 nitrogen and oxygen atoms in total. The minimum absolute atomic E-state index is 0.0728. The van der Waals surface area contributed by atoms with Crippen LogP contribution < -0.4 is 0 Å². The standard InChI is InChI=1S/C15H13FN2O2S/c16-11-8-10(7-9-2-6-20-14(9)11)13-12(1-5-19)21-15-17-3-4-18(13)15/h2,6-8,19H,1,3-5H2. The minimum Gasteiger partial charge on any atom is -0.461 e. The van der Waals surface area contributed by atoms with Crippen molar-refractivity contribution in [2.45, 2.75) is 6.42 Å². The molecule has 1 N–H and O–H groups in total. The van der Waals surface area contributed by atoms with E-state index in [1.807, 2.05) is 6.07 Å². The van der Waals surface area contributed by atoms with E-state index in [9.17, 15) is 9.50 Å². The fourth-order valence-electron chi connectivity index (χ4n) is 2.79. The number of aliphatic hydroxyl groups is 1. The van der Waals surface area contributed by atoms with Gasteiger partial charge in [0.1, 0.15) is 0 Å². The van der Waals surface area contributed by atoms with Crippen molar-refractivity contribution in [2.24, 2.45) is 4.99 Å². The molecule has 0 unspecified atom stereocenters. The van der Waals surface area contributed by atoms with Crippen LogP contribution in [0.15, 0.2) is 38.8 Å². The Kier molecular flexibility index (Phi) is 3.01. The number of hydrogen-bond acceptors (Lipinski definition) is 5. The number of benzene rings is 1. The summed E-state index contributed by atoms with van der Waals surface area (Å²) in [6, 6.07) is 5.19. The predicted octanol–water partition coefficient (Wildman–Crippen LogP) is 3.04. The Morgan fingerprint density at radius 1 is 1.43 bits per heavy atom. The zero-order chi connectivity index (χ0) is 14.4. The molecule has 0 amide bonds. The van der Waals surface area contributed by atoms with Gasteiger partial charge in [-0.15, -0.1) is 0 Å². The van der Waals surface area contributed by atoms with Crippen molar-refractivity contribution in [3.05, 3.63) is 40.7 Å². The first-order chi connectivity index (χ1) is 10.3. The van der Waals surface area contributed by atoms with Crippen LogP contribution in [0.3, 0.4) is 0 Å². The van der Waals surface area contributed by atoms with Gasteiger partial charge in [0, 0.05) is 35.4 Å². The molecule has 2 aliphatic rings. The van der Waals surface area contributed by atoms with E-state index in [0.717, 1.165) is 39.8 Å². The summed E-state index contributed by atoms with van der Waals surface area (Å²) in [5.74, 6) is -0.363. The van der Waals surface area contributed by atoms with Crippen LogP contribution in [-0.4, -0.2) is 34.9 Å². The summed E-state index contributed by atoms with van der Waals surface area (Å²) < 4.78 is 19.3. The van der Waals surface area contributed by atoms with Crippen LogP contribution in [-0.2, 0) is 0 Å². The maximum Gasteiger partial charge on any atom is 0.169 e. The fourth-order valence-corrected chi connectivity index (χ4v) is 3.98. The molecule has 6 heteroatoms. The van der Waals surface area contributed by atoms with E-state index in [0.29, 0.717) is 6.42 Å². The molecular formula is C15H13FN2O2S. The van der Waals surface area contributed by atoms with E-state index in [4.69, 9.17) is 4.42 Å². The number of nitrogens with zero attached hydrogens (tertiary/aromatic N) is 2. The lowest BCUT2D eigenvalue weighted by Crippen LogP contribution is -2.20. The molecule has 0 saturated heterocycles. The molecule has 108 valence electrons. The van der Waals surface area contributed by atoms with Gasteiger partial charge in [0.15, 0.2) is 16.6 Å². The molecule has 0 spiro atoms. The van der Waals surface area contributed by atoms with E-state index in [-0.39, 0.29) is 18.0 Å². The molecule has 3 heterocycles. The normalized spacial score (nSPS) is 17.8. The summed E-state index contributed by atoms with van der Waals surface area (Å²) in [6.07, 6.45) is 2.05. The quantitative estimate of drug-likeness (QED) is 0.947. The maximum absolute atomic E-state index is 14.2. The topological polar surface area (TPSA) is 49.0 Å². The lowest BCUT2D eigenvalue weighted by atomic mass is 10.1. The summed E-state index contributed by atoms with van der Waals surface area (Å²) in [4.78, 5) is 7.60. The van der Waals surface area contributed by atoms with E-state index in [1.54, 1.807) is 17.8 Å². The highest BCUT2D eigenvalue weighted by atomic mass is 32.2. The Labute approximate surface area is 124 Å². The van der Waals surface area contributed by atoms with Crippen LogP contribution >= 0.6 is 11.8 Å². The third-order valence-electron chi connectivity index (χ3n) is 3.67. The number of aliphatic hydroxyl groups excluding tert-OH is 1. The average Bonchev–Trinajstić information content (AvgIpc) is 3.13. The van der Waals surface area contributed by atoms with Gasteiger partial charge >= 0.3 is 0 Å². The fraction of sp³-hybridized carbons (Fsp3) is 0.267. The molecule has 0 aliphatic carbocycles. The first-order valence-electron chi connectivity index (χ1n) is 6.79. The molecule has 1 aromatic heterocycles. The average molecular weight is 304 g/mol. The Bertz CT molecular complexity index is 781. The number of amidine groups is 1. The van der Waals surface area contributed by atoms with Crippen LogP contribution in [0.5, 0.6) is 0 Å². The number of thioether (sulfide) groups is 1. The van der Waals surface area contributed by atoms with E-state index >= 15 is 0 Å². The van der Waals surface area contributed by atoms with Crippen LogP contribution in [0.25, 0.3) is 16.7 Å². The summed E-state index contributed by atoms with van der Waals surface area (Å²) in [5, 5.41) is 10.9. The summed E-state index contributed by atoms with van der Waals surface area (Å²) >= 11 is 1.57. The molecule has 0 radical (unpaired) electrons. The van der Waals surface area contributed by atoms with Crippen molar-refractivity contribution < 1.29 is 13.9 Å². The van der Waals surface area contributed by atoms with Crippen molar-refractivity contribution >= 4 is 33.6 Å². The monoisotopic (exact) mass is 304 g/mol. The number of furan rings is 1. The lowest BCUT2D eigenvalue weighted by Gasteiger charge is -2.17. The van der Waals surface area contributed by atoms with Crippen molar-refractivity contribution in [3.8, 4) is 0 Å². The molecule has 21 heavy (non-hydrogen) atoms. The van der Waals surface area contributed by atoms with Gasteiger partial charge in [0.2, 0.25) is 0 Å². The molecule has 4 rings (SSSR count). The molecule has 0 bridgehead atoms. The first kappa shape index (κ1) is 12.9. The third kappa shape index (κ3) is 1.98. The largest absolute Gasteiger partial charge is 0.461 e. The highest BCUT2D eigenvalue weighted by molar-refractivity contribution is 8.17. The summed E-state index contributed by atoms with van der Waals surface area (Å²) in [6.45, 7) is 1.63. The smallest absolute Gasteiger partial charge is 0.169 e. The van der Waals surface area contributed by atoms with Crippen molar-refractivity contribution in [1.82, 2.24) is 4.90 Å². The lowest BCUT2D eigenvalue weighted by molar-refractivity contribution is 0.301. The van der Waals surface area contributed by atoms with Crippen LogP contribution in [0.1, 0.15) is 12.0 Å². The van der Waals surface area contributed by atoms with Crippen LogP contribution in [0.4, 0.5) is 4.39 Å². The highest BCUT2D eigenvalue weighted by Crippen LogP contribution is 2.43. The zero-order valence-electron chi connectivity index (χ0n) is 11.2. The molecule has 0 fully saturated rings. The molecule has 0 saturated carbocycles. The van der Waals surface area contributed by atoms with Gasteiger partial charge in [-0.2, -0.15) is 0 Å². The predicted molar refractivity (Wildman–Crippen MR) is 81.4 cm³/mol. The highest BCUT2D eigenvalue weighted by Gasteiger charge is 2.33. The third-order valence-corrected chi connectivity index (χ3v) is 4.84. The second-order valence-corrected chi connectivity index (χ2v) is 6.02. The van der Waals surface area contributed by atoms with Gasteiger partial charge in [-0.25, -0.2) is 4.39 Å². The number of fused-ring (bicyclic) bond motifs is 2. The molecular weight excluding hydrogens is 291 g/mol. The van der Waals surface area contributed by atoms with Crippen LogP contribution in [0.2, 0.25) is 0 Å². The van der Waals surface area contributed by atoms with Gasteiger partial charge in [-0.05, 0) is 18.2 Å². The SMILES string of the molecule is OCCC1=C(c2cc(F)c3occc3c2)N2CCN=C2S1. The zero-order valence-corrected chi connectivity index (χ0v) is 12.0. The van der Waals surface area contributed by atoms with Gasteiger partial charge in [-0.1, -0.05) is 11.8 Å². The van der Waals surface area contributed by atoms with E-state index in [2.05, 4.69) is 9.89 Å². The Balaban J connectivity index is 1.87. The molecule has 2 aliphatic heterocycles. The Morgan fingerprint density at radius 2 is 2.33 bits per heavy atom. The number of aliphatic imine (C=N–C) groups is 1. The van der Waals surface area contributed by atoms with Crippen LogP contribution in [0, 0.1) is 5.82 Å². The molecule has 2 aromatic rings. The second-order valence-electron chi connectivity index (χ2n) is 4.96. The molecule has 0 atom stereocenters. The number of rotatable bonds is 3. The van der Waals surface area contributed by atoms with Gasteiger partial charge in [0.05, 0.1) is 18.5 Å². The maximum atomic E-state index is 14.2. The second kappa shape index (κ2) is 4.89. The first-order valence-corrected chi connectivity index (χ1v) is 7.60. The Hall–Kier alpha value is -1.79. The minimum atomic E-state index is -0.363. The van der Waals surface area contributed by atoms with Gasteiger partial charge in [0.25, 0.3) is 0 Å². The van der Waals surface area contributed by atoms with Gasteiger partial charge in [-0.3, -0.25) is 4.99 Å². The summed E-state index contributed by atoms with van der Waals surface area (Å²) in [5.41, 5.74) is 2.06. The number of hydrogen-bond donors (Lipinski definition) is 1. The van der Waals surface area contributed by atoms with E-state index < -0.39 is 0 Å². The Morgan fingerprint density at radius 3 is 3.19 bits per heavy atom. The molecule has 1 aromatic carbocycles. The number of halogens is 1. The van der Waals surface area contributed by atoms with Crippen molar-refractivity contribution in [1.29, 1.82) is 0 Å². The summed E-state index contributed by atoms with van der Waals surface area (Å²) in [7, 11) is 0. The van der Waals surface area contributed by atoms with Crippen molar-refractivity contribution in [3.63, 3.8) is 0 Å². The van der Waals surface area contributed by atoms with E-state index in [1.165, 1.54) is 12.3 Å².